The Kier molecular flexibility index (Phi) is 5.56. The van der Waals surface area contributed by atoms with Crippen LogP contribution >= 0.6 is 11.6 Å². The molecule has 0 spiro atoms. The average molecular weight is 355 g/mol. The van der Waals surface area contributed by atoms with Crippen molar-refractivity contribution < 1.29 is 18.7 Å². The SMILES string of the molecule is CCOC(=O)COc1cc(-n2ncc(C)c(C)c2=O)c(F)cc1Cl. The number of rotatable bonds is 5. The number of esters is 1. The molecule has 0 aliphatic rings. The molecule has 1 aromatic heterocycles. The minimum absolute atomic E-state index is 0.0302. The zero-order valence-corrected chi connectivity index (χ0v) is 14.2. The zero-order valence-electron chi connectivity index (χ0n) is 13.4. The molecule has 0 saturated heterocycles. The molecule has 0 amide bonds. The molecular formula is C16H16ClFN2O4. The Hall–Kier alpha value is -2.41. The van der Waals surface area contributed by atoms with Crippen molar-refractivity contribution in [2.24, 2.45) is 0 Å². The smallest absolute Gasteiger partial charge is 0.344 e. The van der Waals surface area contributed by atoms with E-state index in [-0.39, 0.29) is 29.7 Å². The lowest BCUT2D eigenvalue weighted by Gasteiger charge is -2.12. The highest BCUT2D eigenvalue weighted by molar-refractivity contribution is 6.32. The van der Waals surface area contributed by atoms with Gasteiger partial charge in [-0.2, -0.15) is 9.78 Å². The number of benzene rings is 1. The van der Waals surface area contributed by atoms with Crippen molar-refractivity contribution in [3.05, 3.63) is 50.7 Å². The van der Waals surface area contributed by atoms with Gasteiger partial charge in [-0.3, -0.25) is 4.79 Å². The van der Waals surface area contributed by atoms with E-state index in [1.807, 2.05) is 0 Å². The number of ether oxygens (including phenoxy) is 2. The Balaban J connectivity index is 2.42. The first-order valence-electron chi connectivity index (χ1n) is 7.18. The molecule has 2 aromatic rings. The van der Waals surface area contributed by atoms with Crippen molar-refractivity contribution in [2.75, 3.05) is 13.2 Å². The Morgan fingerprint density at radius 3 is 2.75 bits per heavy atom. The largest absolute Gasteiger partial charge is 0.480 e. The predicted molar refractivity (Wildman–Crippen MR) is 86.4 cm³/mol. The van der Waals surface area contributed by atoms with E-state index in [4.69, 9.17) is 21.1 Å². The Labute approximate surface area is 142 Å². The number of hydrogen-bond acceptors (Lipinski definition) is 5. The highest BCUT2D eigenvalue weighted by Crippen LogP contribution is 2.29. The fraction of sp³-hybridized carbons (Fsp3) is 0.312. The maximum atomic E-state index is 14.2. The van der Waals surface area contributed by atoms with Gasteiger partial charge in [-0.05, 0) is 32.4 Å². The number of hydrogen-bond donors (Lipinski definition) is 0. The van der Waals surface area contributed by atoms with E-state index < -0.39 is 17.3 Å². The van der Waals surface area contributed by atoms with Crippen LogP contribution in [0.1, 0.15) is 18.1 Å². The summed E-state index contributed by atoms with van der Waals surface area (Å²) in [6, 6.07) is 2.22. The number of aryl methyl sites for hydroxylation is 1. The normalized spacial score (nSPS) is 10.5. The van der Waals surface area contributed by atoms with E-state index in [0.29, 0.717) is 11.1 Å². The van der Waals surface area contributed by atoms with Gasteiger partial charge in [0.1, 0.15) is 11.4 Å². The molecule has 24 heavy (non-hydrogen) atoms. The first-order valence-corrected chi connectivity index (χ1v) is 7.56. The summed E-state index contributed by atoms with van der Waals surface area (Å²) >= 11 is 5.92. The average Bonchev–Trinajstić information content (AvgIpc) is 2.53. The molecular weight excluding hydrogens is 339 g/mol. The van der Waals surface area contributed by atoms with Gasteiger partial charge < -0.3 is 9.47 Å². The third kappa shape index (κ3) is 3.73. The standard InChI is InChI=1S/C16H16ClFN2O4/c1-4-23-15(21)8-24-14-6-13(12(18)5-11(14)17)20-16(22)10(3)9(2)7-19-20/h5-7H,4,8H2,1-3H3. The second kappa shape index (κ2) is 7.44. The van der Waals surface area contributed by atoms with Crippen LogP contribution in [0.5, 0.6) is 5.75 Å². The van der Waals surface area contributed by atoms with Gasteiger partial charge in [0.15, 0.2) is 12.4 Å². The summed E-state index contributed by atoms with van der Waals surface area (Å²) in [6.45, 7) is 4.86. The van der Waals surface area contributed by atoms with Gasteiger partial charge in [-0.15, -0.1) is 0 Å². The van der Waals surface area contributed by atoms with Gasteiger partial charge in [0.2, 0.25) is 0 Å². The molecule has 8 heteroatoms. The first kappa shape index (κ1) is 17.9. The van der Waals surface area contributed by atoms with Crippen molar-refractivity contribution in [2.45, 2.75) is 20.8 Å². The van der Waals surface area contributed by atoms with Crippen molar-refractivity contribution >= 4 is 17.6 Å². The second-order valence-electron chi connectivity index (χ2n) is 5.00. The fourth-order valence-electron chi connectivity index (χ4n) is 1.92. The number of carbonyl (C=O) groups is 1. The summed E-state index contributed by atoms with van der Waals surface area (Å²) in [7, 11) is 0. The highest BCUT2D eigenvalue weighted by Gasteiger charge is 2.16. The van der Waals surface area contributed by atoms with E-state index in [2.05, 4.69) is 5.10 Å². The highest BCUT2D eigenvalue weighted by atomic mass is 35.5. The number of aromatic nitrogens is 2. The predicted octanol–water partition coefficient (Wildman–Crippen LogP) is 2.58. The summed E-state index contributed by atoms with van der Waals surface area (Å²) in [5.74, 6) is -1.27. The molecule has 0 aliphatic heterocycles. The third-order valence-corrected chi connectivity index (χ3v) is 3.65. The molecule has 0 aliphatic carbocycles. The van der Waals surface area contributed by atoms with Gasteiger partial charge >= 0.3 is 5.97 Å². The maximum Gasteiger partial charge on any atom is 0.344 e. The number of halogens is 2. The lowest BCUT2D eigenvalue weighted by molar-refractivity contribution is -0.145. The molecule has 0 unspecified atom stereocenters. The van der Waals surface area contributed by atoms with E-state index in [9.17, 15) is 14.0 Å². The van der Waals surface area contributed by atoms with Gasteiger partial charge in [-0.25, -0.2) is 9.18 Å². The van der Waals surface area contributed by atoms with Crippen LogP contribution in [0.4, 0.5) is 4.39 Å². The van der Waals surface area contributed by atoms with Crippen LogP contribution in [0.25, 0.3) is 5.69 Å². The molecule has 1 aromatic carbocycles. The first-order chi connectivity index (χ1) is 11.3. The van der Waals surface area contributed by atoms with Crippen molar-refractivity contribution in [3.63, 3.8) is 0 Å². The molecule has 0 radical (unpaired) electrons. The van der Waals surface area contributed by atoms with Crippen LogP contribution in [0, 0.1) is 19.7 Å². The molecule has 0 atom stereocenters. The van der Waals surface area contributed by atoms with E-state index in [0.717, 1.165) is 10.7 Å². The molecule has 128 valence electrons. The monoisotopic (exact) mass is 354 g/mol. The summed E-state index contributed by atoms with van der Waals surface area (Å²) in [5, 5.41) is 3.91. The molecule has 2 rings (SSSR count). The van der Waals surface area contributed by atoms with Crippen molar-refractivity contribution in [3.8, 4) is 11.4 Å². The fourth-order valence-corrected chi connectivity index (χ4v) is 2.13. The summed E-state index contributed by atoms with van der Waals surface area (Å²) in [5.41, 5.74) is 0.580. The maximum absolute atomic E-state index is 14.2. The van der Waals surface area contributed by atoms with Gasteiger partial charge in [0, 0.05) is 11.6 Å². The van der Waals surface area contributed by atoms with Gasteiger partial charge in [0.05, 0.1) is 17.8 Å². The summed E-state index contributed by atoms with van der Waals surface area (Å²) in [4.78, 5) is 23.6. The quantitative estimate of drug-likeness (QED) is 0.772. The van der Waals surface area contributed by atoms with Crippen LogP contribution in [-0.2, 0) is 9.53 Å². The minimum atomic E-state index is -0.735. The number of carbonyl (C=O) groups excluding carboxylic acids is 1. The summed E-state index contributed by atoms with van der Waals surface area (Å²) in [6.07, 6.45) is 1.46. The zero-order chi connectivity index (χ0) is 17.9. The molecule has 0 fully saturated rings. The molecule has 0 N–H and O–H groups in total. The van der Waals surface area contributed by atoms with Gasteiger partial charge in [0.25, 0.3) is 5.56 Å². The Morgan fingerprint density at radius 1 is 1.38 bits per heavy atom. The van der Waals surface area contributed by atoms with Crippen LogP contribution in [-0.4, -0.2) is 29.0 Å². The van der Waals surface area contributed by atoms with Crippen LogP contribution < -0.4 is 10.3 Å². The van der Waals surface area contributed by atoms with Crippen molar-refractivity contribution in [1.82, 2.24) is 9.78 Å². The van der Waals surface area contributed by atoms with Gasteiger partial charge in [-0.1, -0.05) is 11.6 Å². The third-order valence-electron chi connectivity index (χ3n) is 3.35. The molecule has 1 heterocycles. The molecule has 6 nitrogen and oxygen atoms in total. The Bertz CT molecular complexity index is 836. The molecule has 0 saturated carbocycles. The molecule has 0 bridgehead atoms. The van der Waals surface area contributed by atoms with E-state index >= 15 is 0 Å². The van der Waals surface area contributed by atoms with Crippen molar-refractivity contribution in [1.29, 1.82) is 0 Å². The van der Waals surface area contributed by atoms with E-state index in [1.165, 1.54) is 12.3 Å². The van der Waals surface area contributed by atoms with E-state index in [1.54, 1.807) is 20.8 Å². The van der Waals surface area contributed by atoms with Crippen LogP contribution in [0.2, 0.25) is 5.02 Å². The van der Waals surface area contributed by atoms with Crippen LogP contribution in [0.3, 0.4) is 0 Å². The topological polar surface area (TPSA) is 70.4 Å². The number of nitrogens with zero attached hydrogens (tertiary/aromatic N) is 2. The lowest BCUT2D eigenvalue weighted by Crippen LogP contribution is -2.25. The second-order valence-corrected chi connectivity index (χ2v) is 5.40. The Morgan fingerprint density at radius 2 is 2.08 bits per heavy atom. The lowest BCUT2D eigenvalue weighted by atomic mass is 10.2. The van der Waals surface area contributed by atoms with Crippen LogP contribution in [0.15, 0.2) is 23.1 Å². The summed E-state index contributed by atoms with van der Waals surface area (Å²) < 4.78 is 25.1. The minimum Gasteiger partial charge on any atom is -0.480 e.